The highest BCUT2D eigenvalue weighted by Crippen LogP contribution is 2.37. The monoisotopic (exact) mass is 435 g/mol. The molecule has 1 saturated heterocycles. The number of phosphoric acid groups is 1. The van der Waals surface area contributed by atoms with Crippen LogP contribution in [0.15, 0.2) is 24.5 Å². The Balaban J connectivity index is 2.17. The van der Waals surface area contributed by atoms with Crippen LogP contribution < -0.4 is 4.57 Å². The van der Waals surface area contributed by atoms with Gasteiger partial charge in [-0.15, -0.1) is 0 Å². The molecule has 0 bridgehead atoms. The van der Waals surface area contributed by atoms with E-state index in [-0.39, 0.29) is 5.56 Å². The largest absolute Gasteiger partial charge is 0.469 e. The molecule has 0 unspecified atom stereocenters. The average molecular weight is 435 g/mol. The number of amidine groups is 1. The summed E-state index contributed by atoms with van der Waals surface area (Å²) in [7, 11) is 2.12. The average Bonchev–Trinajstić information content (AvgIpc) is 2.91. The second kappa shape index (κ2) is 9.26. The maximum Gasteiger partial charge on any atom is 0.469 e. The minimum Gasteiger partial charge on any atom is -0.387 e. The number of nitrogens with zero attached hydrogens (tertiary/aromatic N) is 3. The number of carbonyl (C=O) groups is 1. The van der Waals surface area contributed by atoms with Crippen molar-refractivity contribution >= 4 is 19.8 Å². The lowest BCUT2D eigenvalue weighted by atomic mass is 10.1. The predicted molar refractivity (Wildman–Crippen MR) is 96.8 cm³/mol. The number of pyridine rings is 1. The summed E-state index contributed by atoms with van der Waals surface area (Å²) in [6, 6.07) is 3.35. The number of aliphatic hydroxyl groups is 2. The van der Waals surface area contributed by atoms with Crippen molar-refractivity contribution in [1.29, 1.82) is 0 Å². The Labute approximate surface area is 167 Å². The van der Waals surface area contributed by atoms with Crippen LogP contribution in [-0.2, 0) is 18.6 Å². The van der Waals surface area contributed by atoms with Gasteiger partial charge in [0.05, 0.1) is 34.8 Å². The molecule has 4 atom stereocenters. The molecule has 2 rings (SSSR count). The third-order valence-corrected chi connectivity index (χ3v) is 4.53. The smallest absolute Gasteiger partial charge is 0.387 e. The van der Waals surface area contributed by atoms with Crippen LogP contribution in [0.25, 0.3) is 0 Å². The highest BCUT2D eigenvalue weighted by molar-refractivity contribution is 7.46. The van der Waals surface area contributed by atoms with Crippen molar-refractivity contribution in [3.8, 4) is 0 Å². The minimum atomic E-state index is -4.76. The Morgan fingerprint density at radius 3 is 2.52 bits per heavy atom. The van der Waals surface area contributed by atoms with Gasteiger partial charge in [0.1, 0.15) is 17.8 Å². The van der Waals surface area contributed by atoms with Crippen molar-refractivity contribution in [2.75, 3.05) is 34.8 Å². The van der Waals surface area contributed by atoms with E-state index in [4.69, 9.17) is 19.3 Å². The predicted octanol–water partition coefficient (Wildman–Crippen LogP) is -1.95. The molecule has 13 heteroatoms. The summed E-state index contributed by atoms with van der Waals surface area (Å²) in [6.45, 7) is -0.620. The van der Waals surface area contributed by atoms with E-state index in [0.717, 1.165) is 0 Å². The molecule has 0 spiro atoms. The van der Waals surface area contributed by atoms with Gasteiger partial charge in [-0.25, -0.2) is 18.8 Å². The fourth-order valence-electron chi connectivity index (χ4n) is 2.78. The molecule has 0 radical (unpaired) electrons. The second-order valence-electron chi connectivity index (χ2n) is 6.83. The fraction of sp³-hybridized carbons (Fsp3) is 0.562. The zero-order valence-corrected chi connectivity index (χ0v) is 17.3. The Hall–Kier alpha value is -1.92. The summed E-state index contributed by atoms with van der Waals surface area (Å²) < 4.78 is 29.0. The van der Waals surface area contributed by atoms with E-state index in [9.17, 15) is 19.6 Å². The minimum absolute atomic E-state index is 0.161. The van der Waals surface area contributed by atoms with Gasteiger partial charge in [0, 0.05) is 6.07 Å². The van der Waals surface area contributed by atoms with Crippen LogP contribution in [0.2, 0.25) is 0 Å². The molecule has 1 aliphatic heterocycles. The van der Waals surface area contributed by atoms with Gasteiger partial charge in [0.2, 0.25) is 0 Å². The highest BCUT2D eigenvalue weighted by atomic mass is 31.2. The summed E-state index contributed by atoms with van der Waals surface area (Å²) in [5.41, 5.74) is 0.161. The summed E-state index contributed by atoms with van der Waals surface area (Å²) in [4.78, 5) is 31.7. The molecule has 0 aliphatic carbocycles. The molecule has 0 aromatic carbocycles. The van der Waals surface area contributed by atoms with E-state index in [1.54, 1.807) is 37.7 Å². The first-order chi connectivity index (χ1) is 13.4. The number of hydrogen-bond acceptors (Lipinski definition) is 7. The van der Waals surface area contributed by atoms with Crippen LogP contribution in [0, 0.1) is 0 Å². The first-order valence-corrected chi connectivity index (χ1v) is 10.1. The van der Waals surface area contributed by atoms with Crippen molar-refractivity contribution in [3.05, 3.63) is 30.1 Å². The molecule has 1 aromatic rings. The van der Waals surface area contributed by atoms with Crippen LogP contribution in [0.5, 0.6) is 0 Å². The Kier molecular flexibility index (Phi) is 7.46. The maximum absolute atomic E-state index is 12.5. The van der Waals surface area contributed by atoms with Gasteiger partial charge in [-0.3, -0.25) is 4.52 Å². The quantitative estimate of drug-likeness (QED) is 0.135. The first kappa shape index (κ1) is 23.4. The molecule has 4 N–H and O–H groups in total. The van der Waals surface area contributed by atoms with Crippen molar-refractivity contribution in [3.63, 3.8) is 0 Å². The molecule has 12 nitrogen and oxygen atoms in total. The number of rotatable bonds is 5. The van der Waals surface area contributed by atoms with Gasteiger partial charge in [0.25, 0.3) is 6.23 Å². The van der Waals surface area contributed by atoms with Crippen LogP contribution in [-0.4, -0.2) is 94.6 Å². The Morgan fingerprint density at radius 2 is 1.97 bits per heavy atom. The molecule has 0 saturated carbocycles. The second-order valence-corrected chi connectivity index (χ2v) is 8.07. The molecule has 1 aliphatic rings. The van der Waals surface area contributed by atoms with Gasteiger partial charge in [-0.05, 0) is 6.07 Å². The normalized spacial score (nSPS) is 24.3. The summed E-state index contributed by atoms with van der Waals surface area (Å²) in [6.07, 6.45) is -2.26. The zero-order chi connectivity index (χ0) is 21.9. The number of aromatic nitrogens is 1. The lowest BCUT2D eigenvalue weighted by molar-refractivity contribution is -0.765. The number of aliphatic hydroxyl groups excluding tert-OH is 2. The fourth-order valence-corrected chi connectivity index (χ4v) is 3.12. The molecule has 2 heterocycles. The van der Waals surface area contributed by atoms with Crippen LogP contribution in [0.4, 0.5) is 0 Å². The maximum atomic E-state index is 12.5. The first-order valence-electron chi connectivity index (χ1n) is 8.57. The number of esters is 1. The highest BCUT2D eigenvalue weighted by Gasteiger charge is 2.49. The lowest BCUT2D eigenvalue weighted by Crippen LogP contribution is -2.46. The van der Waals surface area contributed by atoms with Gasteiger partial charge in [-0.2, -0.15) is 4.57 Å². The standard InChI is InChI=1S/C16H24N3O9P/c1-17(2)16(18(3)4)28-15(22)10-6-5-7-19(8-10)14-13(21)12(20)11(27-14)9-26-29(23,24)25/h5-8,11-14,20-21H,9H2,1-4H3/p+2/t11-,12-,13-,14-/m1/s1. The van der Waals surface area contributed by atoms with Crippen LogP contribution in [0.3, 0.4) is 0 Å². The number of hydrogen-bond donors (Lipinski definition) is 4. The molecule has 162 valence electrons. The van der Waals surface area contributed by atoms with Crippen LogP contribution >= 0.6 is 7.82 Å². The number of ether oxygens (including phenoxy) is 2. The summed E-state index contributed by atoms with van der Waals surface area (Å²) in [5.74, 6) is -0.647. The summed E-state index contributed by atoms with van der Waals surface area (Å²) in [5, 5.41) is 20.3. The zero-order valence-electron chi connectivity index (χ0n) is 16.4. The summed E-state index contributed by atoms with van der Waals surface area (Å²) >= 11 is 0. The van der Waals surface area contributed by atoms with E-state index in [1.807, 2.05) is 0 Å². The van der Waals surface area contributed by atoms with E-state index in [1.165, 1.54) is 29.1 Å². The molecule has 1 aromatic heterocycles. The van der Waals surface area contributed by atoms with Crippen molar-refractivity contribution in [1.82, 2.24) is 4.90 Å². The molecule has 1 fully saturated rings. The van der Waals surface area contributed by atoms with Gasteiger partial charge in [-0.1, -0.05) is 0 Å². The Morgan fingerprint density at radius 1 is 1.31 bits per heavy atom. The number of carbonyl (C=O) groups excluding carboxylic acids is 1. The van der Waals surface area contributed by atoms with E-state index >= 15 is 0 Å². The third kappa shape index (κ3) is 6.03. The molecular weight excluding hydrogens is 409 g/mol. The Bertz CT molecular complexity index is 822. The molecule has 0 amide bonds. The topological polar surface area (TPSA) is 153 Å². The van der Waals surface area contributed by atoms with E-state index in [2.05, 4.69) is 4.52 Å². The number of phosphoric ester groups is 1. The van der Waals surface area contributed by atoms with Gasteiger partial charge in [0.15, 0.2) is 18.5 Å². The molecular formula is C16H26N3O9P+2. The van der Waals surface area contributed by atoms with Crippen molar-refractivity contribution < 1.29 is 52.5 Å². The van der Waals surface area contributed by atoms with Crippen LogP contribution in [0.1, 0.15) is 16.6 Å². The molecule has 29 heavy (non-hydrogen) atoms. The van der Waals surface area contributed by atoms with Crippen molar-refractivity contribution in [2.45, 2.75) is 24.5 Å². The van der Waals surface area contributed by atoms with Gasteiger partial charge < -0.3 is 29.5 Å². The van der Waals surface area contributed by atoms with E-state index in [0.29, 0.717) is 6.02 Å². The lowest BCUT2D eigenvalue weighted by Gasteiger charge is -2.13. The van der Waals surface area contributed by atoms with Crippen molar-refractivity contribution in [2.24, 2.45) is 0 Å². The third-order valence-electron chi connectivity index (χ3n) is 4.05. The van der Waals surface area contributed by atoms with E-state index < -0.39 is 44.9 Å². The van der Waals surface area contributed by atoms with Gasteiger partial charge >= 0.3 is 19.8 Å². The SMILES string of the molecule is CN(C)C(OC(=O)c1ccc[n+]([C@@H]2O[C@H](COP(=O)(O)O)[C@@H](O)[C@H]2O)c1)=[N+](C)C.